The summed E-state index contributed by atoms with van der Waals surface area (Å²) in [5, 5.41) is 0. The van der Waals surface area contributed by atoms with Crippen LogP contribution in [0.4, 0.5) is 4.79 Å². The molecule has 4 heteroatoms. The number of carbonyl (C=O) groups excluding carboxylic acids is 2. The highest BCUT2D eigenvalue weighted by molar-refractivity contribution is 5.65. The van der Waals surface area contributed by atoms with Gasteiger partial charge in [-0.3, -0.25) is 0 Å². The molecule has 0 radical (unpaired) electrons. The lowest BCUT2D eigenvalue weighted by Gasteiger charge is -2.32. The monoisotopic (exact) mass is 227 g/mol. The van der Waals surface area contributed by atoms with Crippen LogP contribution in [0, 0.1) is 11.8 Å². The van der Waals surface area contributed by atoms with E-state index < -0.39 is 11.7 Å². The van der Waals surface area contributed by atoms with Crippen LogP contribution >= 0.6 is 0 Å². The number of hydrogen-bond acceptors (Lipinski definition) is 3. The summed E-state index contributed by atoms with van der Waals surface area (Å²) in [5.74, 6) is 0.766. The van der Waals surface area contributed by atoms with Gasteiger partial charge in [0.2, 0.25) is 0 Å². The summed E-state index contributed by atoms with van der Waals surface area (Å²) in [6.45, 7) is 3.76. The Hall–Kier alpha value is -1.06. The van der Waals surface area contributed by atoms with Crippen molar-refractivity contribution in [2.45, 2.75) is 51.6 Å². The van der Waals surface area contributed by atoms with Crippen molar-refractivity contribution in [2.75, 3.05) is 0 Å². The number of amides is 1. The van der Waals surface area contributed by atoms with Gasteiger partial charge in [-0.05, 0) is 51.9 Å². The first-order valence-electron chi connectivity index (χ1n) is 5.86. The molecule has 1 rings (SSSR count). The minimum atomic E-state index is -0.716. The highest BCUT2D eigenvalue weighted by Crippen LogP contribution is 2.34. The molecular formula is C12H21NO3. The number of hydrogen-bond donors (Lipinski definition) is 1. The number of carbonyl (C=O) groups is 2. The quantitative estimate of drug-likeness (QED) is 0.749. The van der Waals surface area contributed by atoms with E-state index in [0.717, 1.165) is 38.4 Å². The molecule has 0 aromatic rings. The van der Waals surface area contributed by atoms with E-state index >= 15 is 0 Å². The van der Waals surface area contributed by atoms with Crippen molar-refractivity contribution in [3.05, 3.63) is 0 Å². The van der Waals surface area contributed by atoms with Crippen molar-refractivity contribution >= 4 is 12.4 Å². The van der Waals surface area contributed by atoms with Crippen LogP contribution in [0.15, 0.2) is 0 Å². The first kappa shape index (κ1) is 13.0. The van der Waals surface area contributed by atoms with Crippen molar-refractivity contribution in [1.29, 1.82) is 0 Å². The number of rotatable bonds is 4. The van der Waals surface area contributed by atoms with Gasteiger partial charge in [-0.25, -0.2) is 4.79 Å². The molecule has 1 saturated carbocycles. The summed E-state index contributed by atoms with van der Waals surface area (Å²) in [5.41, 5.74) is 4.52. The predicted octanol–water partition coefficient (Wildman–Crippen LogP) is 2.26. The van der Waals surface area contributed by atoms with Crippen LogP contribution in [0.3, 0.4) is 0 Å². The number of nitrogens with two attached hydrogens (primary N) is 1. The predicted molar refractivity (Wildman–Crippen MR) is 60.9 cm³/mol. The molecule has 0 bridgehead atoms. The van der Waals surface area contributed by atoms with E-state index in [-0.39, 0.29) is 5.92 Å². The van der Waals surface area contributed by atoms with Crippen LogP contribution in [0.25, 0.3) is 0 Å². The van der Waals surface area contributed by atoms with Gasteiger partial charge in [0.05, 0.1) is 0 Å². The zero-order valence-electron chi connectivity index (χ0n) is 10.1. The summed E-state index contributed by atoms with van der Waals surface area (Å²) in [4.78, 5) is 21.3. The number of primary amides is 1. The van der Waals surface area contributed by atoms with Crippen LogP contribution in [0.5, 0.6) is 0 Å². The molecule has 1 amide bonds. The average Bonchev–Trinajstić information content (AvgIpc) is 2.16. The Morgan fingerprint density at radius 3 is 2.38 bits per heavy atom. The van der Waals surface area contributed by atoms with Gasteiger partial charge in [-0.1, -0.05) is 0 Å². The SMILES string of the molecule is CC(C)(CC1CCC(C=O)CC1)OC(N)=O. The van der Waals surface area contributed by atoms with Gasteiger partial charge in [0, 0.05) is 5.92 Å². The Labute approximate surface area is 96.5 Å². The highest BCUT2D eigenvalue weighted by Gasteiger charge is 2.29. The average molecular weight is 227 g/mol. The van der Waals surface area contributed by atoms with E-state index in [1.807, 2.05) is 13.8 Å². The third-order valence-electron chi connectivity index (χ3n) is 3.24. The summed E-state index contributed by atoms with van der Waals surface area (Å²) >= 11 is 0. The molecule has 0 atom stereocenters. The van der Waals surface area contributed by atoms with E-state index in [4.69, 9.17) is 10.5 Å². The minimum absolute atomic E-state index is 0.233. The van der Waals surface area contributed by atoms with Gasteiger partial charge in [0.1, 0.15) is 11.9 Å². The first-order chi connectivity index (χ1) is 7.43. The van der Waals surface area contributed by atoms with Crippen LogP contribution in [0.2, 0.25) is 0 Å². The zero-order valence-corrected chi connectivity index (χ0v) is 10.1. The topological polar surface area (TPSA) is 69.4 Å². The van der Waals surface area contributed by atoms with Crippen LogP contribution in [-0.4, -0.2) is 18.0 Å². The summed E-state index contributed by atoms with van der Waals surface area (Å²) < 4.78 is 5.06. The van der Waals surface area contributed by atoms with Gasteiger partial charge in [0.25, 0.3) is 0 Å². The standard InChI is InChI=1S/C12H21NO3/c1-12(2,16-11(13)15)7-9-3-5-10(8-14)6-4-9/h8-10H,3-7H2,1-2H3,(H2,13,15). The Kier molecular flexibility index (Phi) is 4.33. The molecule has 0 heterocycles. The minimum Gasteiger partial charge on any atom is -0.444 e. The summed E-state index contributed by atoms with van der Waals surface area (Å²) in [6.07, 6.45) is 5.15. The number of aldehydes is 1. The fourth-order valence-electron chi connectivity index (χ4n) is 2.54. The van der Waals surface area contributed by atoms with Crippen molar-refractivity contribution in [3.8, 4) is 0 Å². The van der Waals surface area contributed by atoms with Crippen molar-refractivity contribution < 1.29 is 14.3 Å². The van der Waals surface area contributed by atoms with Gasteiger partial charge >= 0.3 is 6.09 Å². The van der Waals surface area contributed by atoms with Crippen LogP contribution < -0.4 is 5.73 Å². The van der Waals surface area contributed by atoms with E-state index in [1.54, 1.807) is 0 Å². The summed E-state index contributed by atoms with van der Waals surface area (Å²) in [7, 11) is 0. The van der Waals surface area contributed by atoms with Crippen molar-refractivity contribution in [3.63, 3.8) is 0 Å². The molecule has 0 spiro atoms. The Morgan fingerprint density at radius 1 is 1.38 bits per heavy atom. The Morgan fingerprint density at radius 2 is 1.94 bits per heavy atom. The molecule has 0 unspecified atom stereocenters. The second-order valence-electron chi connectivity index (χ2n) is 5.30. The fourth-order valence-corrected chi connectivity index (χ4v) is 2.54. The first-order valence-corrected chi connectivity index (χ1v) is 5.86. The normalized spacial score (nSPS) is 26.1. The molecule has 2 N–H and O–H groups in total. The Bertz CT molecular complexity index is 255. The van der Waals surface area contributed by atoms with Crippen LogP contribution in [-0.2, 0) is 9.53 Å². The maximum Gasteiger partial charge on any atom is 0.405 e. The molecule has 0 aromatic heterocycles. The lowest BCUT2D eigenvalue weighted by molar-refractivity contribution is -0.112. The second kappa shape index (κ2) is 5.32. The molecule has 0 aromatic carbocycles. The zero-order chi connectivity index (χ0) is 12.2. The van der Waals surface area contributed by atoms with Crippen molar-refractivity contribution in [1.82, 2.24) is 0 Å². The largest absolute Gasteiger partial charge is 0.444 e. The molecule has 92 valence electrons. The van der Waals surface area contributed by atoms with E-state index in [2.05, 4.69) is 0 Å². The molecule has 0 aliphatic heterocycles. The molecule has 4 nitrogen and oxygen atoms in total. The third-order valence-corrected chi connectivity index (χ3v) is 3.24. The van der Waals surface area contributed by atoms with Gasteiger partial charge < -0.3 is 15.3 Å². The van der Waals surface area contributed by atoms with E-state index in [9.17, 15) is 9.59 Å². The maximum absolute atomic E-state index is 10.7. The lowest BCUT2D eigenvalue weighted by atomic mass is 9.78. The molecule has 16 heavy (non-hydrogen) atoms. The molecule has 1 fully saturated rings. The second-order valence-corrected chi connectivity index (χ2v) is 5.30. The summed E-state index contributed by atoms with van der Waals surface area (Å²) in [6, 6.07) is 0. The van der Waals surface area contributed by atoms with Crippen LogP contribution in [0.1, 0.15) is 46.0 Å². The molecule has 0 saturated heterocycles. The molecule has 1 aliphatic rings. The smallest absolute Gasteiger partial charge is 0.405 e. The van der Waals surface area contributed by atoms with Gasteiger partial charge in [-0.15, -0.1) is 0 Å². The van der Waals surface area contributed by atoms with E-state index in [0.29, 0.717) is 5.92 Å². The molecular weight excluding hydrogens is 206 g/mol. The van der Waals surface area contributed by atoms with E-state index in [1.165, 1.54) is 0 Å². The third kappa shape index (κ3) is 4.21. The van der Waals surface area contributed by atoms with Gasteiger partial charge in [-0.2, -0.15) is 0 Å². The van der Waals surface area contributed by atoms with Crippen molar-refractivity contribution in [2.24, 2.45) is 17.6 Å². The maximum atomic E-state index is 10.7. The lowest BCUT2D eigenvalue weighted by Crippen LogP contribution is -2.34. The Balaban J connectivity index is 2.37. The van der Waals surface area contributed by atoms with Gasteiger partial charge in [0.15, 0.2) is 0 Å². The fraction of sp³-hybridized carbons (Fsp3) is 0.833. The highest BCUT2D eigenvalue weighted by atomic mass is 16.6. The number of ether oxygens (including phenoxy) is 1. The molecule has 1 aliphatic carbocycles.